The number of aliphatic hydroxyl groups excluding tert-OH is 1. The second-order valence-electron chi connectivity index (χ2n) is 3.41. The van der Waals surface area contributed by atoms with Gasteiger partial charge in [0.1, 0.15) is 11.5 Å². The van der Waals surface area contributed by atoms with E-state index < -0.39 is 12.1 Å². The highest BCUT2D eigenvalue weighted by Gasteiger charge is 2.14. The summed E-state index contributed by atoms with van der Waals surface area (Å²) in [6, 6.07) is 4.91. The third-order valence-corrected chi connectivity index (χ3v) is 2.28. The van der Waals surface area contributed by atoms with Crippen molar-refractivity contribution in [2.75, 3.05) is 14.2 Å². The molecule has 0 saturated heterocycles. The third kappa shape index (κ3) is 2.84. The summed E-state index contributed by atoms with van der Waals surface area (Å²) in [5, 5.41) is 9.39. The molecule has 0 heterocycles. The lowest BCUT2D eigenvalue weighted by molar-refractivity contribution is 0.164. The summed E-state index contributed by atoms with van der Waals surface area (Å²) in [4.78, 5) is 0. The molecule has 0 bridgehead atoms. The summed E-state index contributed by atoms with van der Waals surface area (Å²) in [6.45, 7) is 1.65. The Hall–Kier alpha value is -1.26. The molecule has 1 aromatic carbocycles. The van der Waals surface area contributed by atoms with Crippen molar-refractivity contribution in [3.05, 3.63) is 23.8 Å². The van der Waals surface area contributed by atoms with Gasteiger partial charge >= 0.3 is 0 Å². The molecule has 0 aromatic heterocycles. The number of hydrogen-bond donors (Lipinski definition) is 2. The van der Waals surface area contributed by atoms with Crippen LogP contribution in [0.5, 0.6) is 11.5 Å². The predicted molar refractivity (Wildman–Crippen MR) is 58.2 cm³/mol. The summed E-state index contributed by atoms with van der Waals surface area (Å²) >= 11 is 0. The molecule has 84 valence electrons. The zero-order chi connectivity index (χ0) is 11.4. The van der Waals surface area contributed by atoms with E-state index in [9.17, 15) is 5.11 Å². The van der Waals surface area contributed by atoms with E-state index in [2.05, 4.69) is 0 Å². The fourth-order valence-electron chi connectivity index (χ4n) is 1.30. The van der Waals surface area contributed by atoms with E-state index in [4.69, 9.17) is 15.2 Å². The maximum Gasteiger partial charge on any atom is 0.122 e. The second kappa shape index (κ2) is 5.00. The Morgan fingerprint density at radius 1 is 1.13 bits per heavy atom. The predicted octanol–water partition coefficient (Wildman–Crippen LogP) is 1.08. The number of ether oxygens (including phenoxy) is 2. The Bertz CT molecular complexity index is 303. The molecular formula is C11H17NO3. The lowest BCUT2D eigenvalue weighted by Crippen LogP contribution is -2.23. The van der Waals surface area contributed by atoms with Gasteiger partial charge in [0.25, 0.3) is 0 Å². The zero-order valence-corrected chi connectivity index (χ0v) is 9.23. The van der Waals surface area contributed by atoms with Gasteiger partial charge in [-0.05, 0) is 24.6 Å². The van der Waals surface area contributed by atoms with E-state index in [-0.39, 0.29) is 0 Å². The van der Waals surface area contributed by atoms with Gasteiger partial charge in [-0.1, -0.05) is 0 Å². The highest BCUT2D eigenvalue weighted by atomic mass is 16.5. The number of methoxy groups -OCH3 is 2. The molecule has 2 atom stereocenters. The molecule has 4 heteroatoms. The van der Waals surface area contributed by atoms with Gasteiger partial charge in [0.2, 0.25) is 0 Å². The van der Waals surface area contributed by atoms with E-state index in [1.807, 2.05) is 0 Å². The first-order valence-corrected chi connectivity index (χ1v) is 4.75. The Balaban J connectivity index is 3.06. The van der Waals surface area contributed by atoms with Crippen LogP contribution in [-0.4, -0.2) is 25.4 Å². The minimum absolute atomic E-state index is 0.436. The molecule has 0 fully saturated rings. The van der Waals surface area contributed by atoms with E-state index in [1.165, 1.54) is 0 Å². The smallest absolute Gasteiger partial charge is 0.122 e. The van der Waals surface area contributed by atoms with Crippen LogP contribution in [0.1, 0.15) is 18.5 Å². The SMILES string of the molecule is COc1cc(OC)cc([C@@H](N)[C@H](C)O)c1. The fraction of sp³-hybridized carbons (Fsp3) is 0.455. The highest BCUT2D eigenvalue weighted by molar-refractivity contribution is 5.40. The minimum Gasteiger partial charge on any atom is -0.497 e. The summed E-state index contributed by atoms with van der Waals surface area (Å²) in [6.07, 6.45) is -0.609. The number of benzene rings is 1. The van der Waals surface area contributed by atoms with Gasteiger partial charge in [-0.25, -0.2) is 0 Å². The molecule has 0 radical (unpaired) electrons. The summed E-state index contributed by atoms with van der Waals surface area (Å²) in [7, 11) is 3.15. The summed E-state index contributed by atoms with van der Waals surface area (Å²) < 4.78 is 10.2. The molecule has 0 unspecified atom stereocenters. The standard InChI is InChI=1S/C11H17NO3/c1-7(13)11(12)8-4-9(14-2)6-10(5-8)15-3/h4-7,11,13H,12H2,1-3H3/t7-,11-/m0/s1. The number of nitrogens with two attached hydrogens (primary N) is 1. The van der Waals surface area contributed by atoms with Crippen molar-refractivity contribution in [3.8, 4) is 11.5 Å². The number of aliphatic hydroxyl groups is 1. The van der Waals surface area contributed by atoms with Gasteiger partial charge in [0, 0.05) is 6.07 Å². The van der Waals surface area contributed by atoms with E-state index in [0.29, 0.717) is 11.5 Å². The Labute approximate surface area is 89.6 Å². The molecule has 3 N–H and O–H groups in total. The van der Waals surface area contributed by atoms with Crippen molar-refractivity contribution in [2.24, 2.45) is 5.73 Å². The van der Waals surface area contributed by atoms with Gasteiger partial charge < -0.3 is 20.3 Å². The van der Waals surface area contributed by atoms with E-state index in [1.54, 1.807) is 39.3 Å². The third-order valence-electron chi connectivity index (χ3n) is 2.28. The molecule has 4 nitrogen and oxygen atoms in total. The average molecular weight is 211 g/mol. The second-order valence-corrected chi connectivity index (χ2v) is 3.41. The van der Waals surface area contributed by atoms with Crippen LogP contribution >= 0.6 is 0 Å². The van der Waals surface area contributed by atoms with Crippen molar-refractivity contribution < 1.29 is 14.6 Å². The largest absolute Gasteiger partial charge is 0.497 e. The molecule has 0 aliphatic carbocycles. The maximum atomic E-state index is 9.39. The van der Waals surface area contributed by atoms with Crippen LogP contribution in [0, 0.1) is 0 Å². The topological polar surface area (TPSA) is 64.7 Å². The molecule has 1 aromatic rings. The molecule has 0 saturated carbocycles. The fourth-order valence-corrected chi connectivity index (χ4v) is 1.30. The lowest BCUT2D eigenvalue weighted by Gasteiger charge is -2.16. The Kier molecular flexibility index (Phi) is 3.94. The quantitative estimate of drug-likeness (QED) is 0.782. The van der Waals surface area contributed by atoms with Gasteiger partial charge in [-0.15, -0.1) is 0 Å². The highest BCUT2D eigenvalue weighted by Crippen LogP contribution is 2.26. The molecule has 0 aliphatic heterocycles. The summed E-state index contributed by atoms with van der Waals surface area (Å²) in [5.41, 5.74) is 6.62. The van der Waals surface area contributed by atoms with Gasteiger partial charge in [-0.3, -0.25) is 0 Å². The summed E-state index contributed by atoms with van der Waals surface area (Å²) in [5.74, 6) is 1.33. The zero-order valence-electron chi connectivity index (χ0n) is 9.23. The Morgan fingerprint density at radius 3 is 1.93 bits per heavy atom. The molecular weight excluding hydrogens is 194 g/mol. The Morgan fingerprint density at radius 2 is 1.60 bits per heavy atom. The van der Waals surface area contributed by atoms with E-state index in [0.717, 1.165) is 5.56 Å². The van der Waals surface area contributed by atoms with Crippen molar-refractivity contribution in [1.29, 1.82) is 0 Å². The van der Waals surface area contributed by atoms with Crippen LogP contribution in [-0.2, 0) is 0 Å². The first-order chi connectivity index (χ1) is 7.08. The van der Waals surface area contributed by atoms with Gasteiger partial charge in [0.15, 0.2) is 0 Å². The minimum atomic E-state index is -0.609. The van der Waals surface area contributed by atoms with Crippen LogP contribution in [0.15, 0.2) is 18.2 Å². The van der Waals surface area contributed by atoms with Gasteiger partial charge in [-0.2, -0.15) is 0 Å². The van der Waals surface area contributed by atoms with Crippen molar-refractivity contribution in [2.45, 2.75) is 19.1 Å². The van der Waals surface area contributed by atoms with Crippen LogP contribution in [0.3, 0.4) is 0 Å². The van der Waals surface area contributed by atoms with Crippen LogP contribution < -0.4 is 15.2 Å². The number of hydrogen-bond acceptors (Lipinski definition) is 4. The molecule has 0 amide bonds. The first-order valence-electron chi connectivity index (χ1n) is 4.75. The molecule has 1 rings (SSSR count). The van der Waals surface area contributed by atoms with E-state index >= 15 is 0 Å². The normalized spacial score (nSPS) is 14.5. The van der Waals surface area contributed by atoms with Gasteiger partial charge in [0.05, 0.1) is 26.4 Å². The van der Waals surface area contributed by atoms with Crippen molar-refractivity contribution in [1.82, 2.24) is 0 Å². The van der Waals surface area contributed by atoms with Crippen molar-refractivity contribution in [3.63, 3.8) is 0 Å². The lowest BCUT2D eigenvalue weighted by atomic mass is 10.0. The average Bonchev–Trinajstić information content (AvgIpc) is 2.27. The van der Waals surface area contributed by atoms with Crippen LogP contribution in [0.25, 0.3) is 0 Å². The van der Waals surface area contributed by atoms with Crippen LogP contribution in [0.2, 0.25) is 0 Å². The number of rotatable bonds is 4. The first kappa shape index (κ1) is 11.8. The van der Waals surface area contributed by atoms with Crippen LogP contribution in [0.4, 0.5) is 0 Å². The van der Waals surface area contributed by atoms with Crippen molar-refractivity contribution >= 4 is 0 Å². The maximum absolute atomic E-state index is 9.39. The monoisotopic (exact) mass is 211 g/mol. The molecule has 0 spiro atoms. The molecule has 0 aliphatic rings. The molecule has 15 heavy (non-hydrogen) atoms.